The maximum absolute atomic E-state index is 10.7. The van der Waals surface area contributed by atoms with Crippen LogP contribution in [-0.4, -0.2) is 42.8 Å². The van der Waals surface area contributed by atoms with E-state index in [9.17, 15) is 5.11 Å². The lowest BCUT2D eigenvalue weighted by atomic mass is 9.96. The van der Waals surface area contributed by atoms with Crippen LogP contribution in [-0.2, 0) is 5.60 Å². The predicted octanol–water partition coefficient (Wildman–Crippen LogP) is 2.67. The topological polar surface area (TPSA) is 81.8 Å². The lowest BCUT2D eigenvalue weighted by molar-refractivity contribution is 0.0657. The summed E-state index contributed by atoms with van der Waals surface area (Å²) in [4.78, 5) is 4.52. The van der Waals surface area contributed by atoms with E-state index in [0.29, 0.717) is 5.96 Å². The molecule has 6 nitrogen and oxygen atoms in total. The van der Waals surface area contributed by atoms with Gasteiger partial charge in [0.2, 0.25) is 0 Å². The number of aliphatic imine (C=N–C) groups is 1. The van der Waals surface area contributed by atoms with Crippen LogP contribution in [0.5, 0.6) is 0 Å². The van der Waals surface area contributed by atoms with Gasteiger partial charge in [-0.15, -0.1) is 24.0 Å². The average molecular weight is 466 g/mol. The van der Waals surface area contributed by atoms with Crippen LogP contribution in [0.4, 0.5) is 0 Å². The van der Waals surface area contributed by atoms with E-state index in [4.69, 9.17) is 4.42 Å². The molecule has 0 saturated carbocycles. The van der Waals surface area contributed by atoms with Gasteiger partial charge in [-0.05, 0) is 54.5 Å². The van der Waals surface area contributed by atoms with Crippen LogP contribution in [0.2, 0.25) is 0 Å². The van der Waals surface area contributed by atoms with Crippen molar-refractivity contribution in [2.75, 3.05) is 26.2 Å². The minimum Gasteiger partial charge on any atom is -0.466 e. The number of nitrogens with zero attached hydrogens (tertiary/aromatic N) is 1. The fraction of sp³-hybridized carbons (Fsp3) is 0.722. The van der Waals surface area contributed by atoms with E-state index in [1.54, 1.807) is 6.92 Å². The summed E-state index contributed by atoms with van der Waals surface area (Å²) in [5.41, 5.74) is -0.181. The van der Waals surface area contributed by atoms with Gasteiger partial charge in [-0.3, -0.25) is 0 Å². The number of furan rings is 1. The Balaban J connectivity index is 0.00000576. The third-order valence-electron chi connectivity index (χ3n) is 3.58. The molecule has 0 bridgehead atoms. The Kier molecular flexibility index (Phi) is 10.0. The van der Waals surface area contributed by atoms with Gasteiger partial charge in [0.1, 0.15) is 17.1 Å². The molecule has 7 heteroatoms. The number of aryl methyl sites for hydroxylation is 2. The summed E-state index contributed by atoms with van der Waals surface area (Å²) in [6.45, 7) is 16.6. The van der Waals surface area contributed by atoms with Gasteiger partial charge in [-0.1, -0.05) is 0 Å². The molecule has 0 aliphatic heterocycles. The van der Waals surface area contributed by atoms with Crippen LogP contribution in [0.1, 0.15) is 51.7 Å². The quantitative estimate of drug-likeness (QED) is 0.215. The van der Waals surface area contributed by atoms with Gasteiger partial charge in [-0.2, -0.15) is 0 Å². The van der Waals surface area contributed by atoms with Gasteiger partial charge in [0.25, 0.3) is 0 Å². The zero-order chi connectivity index (χ0) is 18.4. The Labute approximate surface area is 169 Å². The Hall–Kier alpha value is -0.800. The maximum Gasteiger partial charge on any atom is 0.191 e. The summed E-state index contributed by atoms with van der Waals surface area (Å²) in [7, 11) is 0. The molecule has 0 aliphatic carbocycles. The molecule has 0 aliphatic rings. The van der Waals surface area contributed by atoms with Crippen molar-refractivity contribution in [1.29, 1.82) is 0 Å². The summed E-state index contributed by atoms with van der Waals surface area (Å²) in [6, 6.07) is 1.87. The molecule has 25 heavy (non-hydrogen) atoms. The molecule has 0 radical (unpaired) electrons. The first-order valence-electron chi connectivity index (χ1n) is 8.62. The first-order chi connectivity index (χ1) is 11.0. The largest absolute Gasteiger partial charge is 0.466 e. The number of halogens is 1. The van der Waals surface area contributed by atoms with Gasteiger partial charge in [0.15, 0.2) is 5.96 Å². The van der Waals surface area contributed by atoms with Crippen molar-refractivity contribution in [2.24, 2.45) is 4.99 Å². The van der Waals surface area contributed by atoms with Gasteiger partial charge in [-0.25, -0.2) is 4.99 Å². The van der Waals surface area contributed by atoms with Crippen LogP contribution in [0.15, 0.2) is 15.5 Å². The van der Waals surface area contributed by atoms with Crippen LogP contribution in [0, 0.1) is 13.8 Å². The van der Waals surface area contributed by atoms with E-state index < -0.39 is 5.60 Å². The fourth-order valence-corrected chi connectivity index (χ4v) is 2.44. The van der Waals surface area contributed by atoms with E-state index in [2.05, 4.69) is 41.7 Å². The molecular weight excluding hydrogens is 431 g/mol. The number of aliphatic hydroxyl groups is 1. The molecule has 1 aromatic heterocycles. The summed E-state index contributed by atoms with van der Waals surface area (Å²) < 4.78 is 5.52. The molecular formula is C18H35IN4O2. The molecule has 0 aromatic carbocycles. The third-order valence-corrected chi connectivity index (χ3v) is 3.58. The molecule has 1 atom stereocenters. The molecule has 1 aromatic rings. The number of hydrogen-bond acceptors (Lipinski definition) is 4. The van der Waals surface area contributed by atoms with Crippen LogP contribution >= 0.6 is 24.0 Å². The van der Waals surface area contributed by atoms with Crippen LogP contribution in [0.3, 0.4) is 0 Å². The maximum atomic E-state index is 10.7. The molecule has 0 saturated heterocycles. The minimum absolute atomic E-state index is 0. The van der Waals surface area contributed by atoms with Gasteiger partial charge in [0, 0.05) is 30.7 Å². The highest BCUT2D eigenvalue weighted by atomic mass is 127. The van der Waals surface area contributed by atoms with Crippen molar-refractivity contribution in [3.05, 3.63) is 23.2 Å². The number of hydrogen-bond donors (Lipinski definition) is 4. The fourth-order valence-electron chi connectivity index (χ4n) is 2.44. The molecule has 0 amide bonds. The Bertz CT molecular complexity index is 548. The Morgan fingerprint density at radius 3 is 2.28 bits per heavy atom. The number of nitrogens with one attached hydrogen (secondary N) is 3. The highest BCUT2D eigenvalue weighted by Gasteiger charge is 2.27. The molecule has 1 heterocycles. The lowest BCUT2D eigenvalue weighted by Gasteiger charge is -2.23. The van der Waals surface area contributed by atoms with Crippen LogP contribution < -0.4 is 16.0 Å². The molecule has 0 spiro atoms. The lowest BCUT2D eigenvalue weighted by Crippen LogP contribution is -2.45. The van der Waals surface area contributed by atoms with Crippen LogP contribution in [0.25, 0.3) is 0 Å². The monoisotopic (exact) mass is 466 g/mol. The highest BCUT2D eigenvalue weighted by molar-refractivity contribution is 14.0. The number of rotatable bonds is 7. The van der Waals surface area contributed by atoms with E-state index in [1.807, 2.05) is 26.8 Å². The second-order valence-corrected chi connectivity index (χ2v) is 7.40. The standard InChI is InChI=1S/C18H34N4O2.HI/c1-8-19-16(20-9-10-22-17(4,5)6)21-12-18(7,23)15-11-13(2)24-14(15)3;/h11,22-23H,8-10,12H2,1-7H3,(H2,19,20,21);1H. The van der Waals surface area contributed by atoms with Gasteiger partial charge >= 0.3 is 0 Å². The van der Waals surface area contributed by atoms with Crippen molar-refractivity contribution in [3.8, 4) is 0 Å². The summed E-state index contributed by atoms with van der Waals surface area (Å²) in [5, 5.41) is 20.6. The molecule has 1 rings (SSSR count). The minimum atomic E-state index is -1.06. The van der Waals surface area contributed by atoms with Crippen molar-refractivity contribution >= 4 is 29.9 Å². The average Bonchev–Trinajstić information content (AvgIpc) is 2.79. The summed E-state index contributed by atoms with van der Waals surface area (Å²) in [5.74, 6) is 2.23. The van der Waals surface area contributed by atoms with E-state index in [0.717, 1.165) is 36.7 Å². The first kappa shape index (κ1) is 24.2. The normalized spacial score (nSPS) is 14.6. The van der Waals surface area contributed by atoms with Crippen molar-refractivity contribution in [2.45, 2.75) is 59.6 Å². The predicted molar refractivity (Wildman–Crippen MR) is 115 cm³/mol. The smallest absolute Gasteiger partial charge is 0.191 e. The third kappa shape index (κ3) is 8.91. The van der Waals surface area contributed by atoms with Crippen molar-refractivity contribution in [1.82, 2.24) is 16.0 Å². The zero-order valence-electron chi connectivity index (χ0n) is 16.6. The second kappa shape index (κ2) is 10.4. The Morgan fingerprint density at radius 2 is 1.80 bits per heavy atom. The van der Waals surface area contributed by atoms with Gasteiger partial charge < -0.3 is 25.5 Å². The van der Waals surface area contributed by atoms with Gasteiger partial charge in [0.05, 0.1) is 6.54 Å². The first-order valence-corrected chi connectivity index (χ1v) is 8.62. The summed E-state index contributed by atoms with van der Waals surface area (Å²) >= 11 is 0. The second-order valence-electron chi connectivity index (χ2n) is 7.40. The molecule has 4 N–H and O–H groups in total. The SMILES string of the molecule is CCNC(=NCC(C)(O)c1cc(C)oc1C)NCCNC(C)(C)C.I. The molecule has 0 fully saturated rings. The molecule has 146 valence electrons. The van der Waals surface area contributed by atoms with Crippen molar-refractivity contribution < 1.29 is 9.52 Å². The van der Waals surface area contributed by atoms with E-state index in [-0.39, 0.29) is 36.1 Å². The van der Waals surface area contributed by atoms with Crippen molar-refractivity contribution in [3.63, 3.8) is 0 Å². The molecule has 1 unspecified atom stereocenters. The summed E-state index contributed by atoms with van der Waals surface area (Å²) in [6.07, 6.45) is 0. The van der Waals surface area contributed by atoms with E-state index in [1.165, 1.54) is 0 Å². The number of guanidine groups is 1. The zero-order valence-corrected chi connectivity index (χ0v) is 18.9. The Morgan fingerprint density at radius 1 is 1.16 bits per heavy atom. The highest BCUT2D eigenvalue weighted by Crippen LogP contribution is 2.27. The van der Waals surface area contributed by atoms with E-state index >= 15 is 0 Å².